The average molecular weight is 362 g/mol. The first-order valence-corrected chi connectivity index (χ1v) is 8.90. The summed E-state index contributed by atoms with van der Waals surface area (Å²) in [4.78, 5) is 8.40. The molecule has 0 amide bonds. The lowest BCUT2D eigenvalue weighted by atomic mass is 10.1. The molecule has 1 saturated heterocycles. The van der Waals surface area contributed by atoms with Crippen molar-refractivity contribution in [3.8, 4) is 17.4 Å². The summed E-state index contributed by atoms with van der Waals surface area (Å²) in [5, 5.41) is 9.25. The predicted molar refractivity (Wildman–Crippen MR) is 101 cm³/mol. The Bertz CT molecular complexity index is 970. The lowest BCUT2D eigenvalue weighted by Gasteiger charge is -2.35. The Morgan fingerprint density at radius 1 is 1.04 bits per heavy atom. The number of nitriles is 1. The van der Waals surface area contributed by atoms with Gasteiger partial charge in [0.15, 0.2) is 11.6 Å². The first-order valence-electron chi connectivity index (χ1n) is 8.90. The van der Waals surface area contributed by atoms with Crippen molar-refractivity contribution in [1.82, 2.24) is 9.88 Å². The zero-order valence-corrected chi connectivity index (χ0v) is 14.8. The van der Waals surface area contributed by atoms with Gasteiger partial charge in [0.2, 0.25) is 0 Å². The van der Waals surface area contributed by atoms with Crippen LogP contribution in [0.2, 0.25) is 0 Å². The first kappa shape index (κ1) is 17.3. The molecule has 0 saturated carbocycles. The molecule has 2 aromatic heterocycles. The average Bonchev–Trinajstić information content (AvgIpc) is 3.17. The van der Waals surface area contributed by atoms with Crippen molar-refractivity contribution in [2.24, 2.45) is 0 Å². The third-order valence-corrected chi connectivity index (χ3v) is 4.76. The summed E-state index contributed by atoms with van der Waals surface area (Å²) in [6, 6.07) is 16.5. The van der Waals surface area contributed by atoms with Gasteiger partial charge in [0.05, 0.1) is 18.2 Å². The monoisotopic (exact) mass is 362 g/mol. The molecule has 0 N–H and O–H groups in total. The van der Waals surface area contributed by atoms with Crippen LogP contribution in [0.3, 0.4) is 0 Å². The third kappa shape index (κ3) is 3.69. The summed E-state index contributed by atoms with van der Waals surface area (Å²) in [5.74, 6) is 1.70. The molecule has 0 unspecified atom stereocenters. The fourth-order valence-corrected chi connectivity index (χ4v) is 3.35. The van der Waals surface area contributed by atoms with Gasteiger partial charge >= 0.3 is 0 Å². The smallest absolute Gasteiger partial charge is 0.165 e. The minimum absolute atomic E-state index is 0.280. The molecule has 1 aromatic carbocycles. The molecule has 6 heteroatoms. The molecule has 1 fully saturated rings. The highest BCUT2D eigenvalue weighted by molar-refractivity contribution is 5.66. The minimum atomic E-state index is -0.280. The van der Waals surface area contributed by atoms with E-state index in [0.29, 0.717) is 23.7 Å². The lowest BCUT2D eigenvalue weighted by Crippen LogP contribution is -2.46. The van der Waals surface area contributed by atoms with E-state index in [-0.39, 0.29) is 5.82 Å². The summed E-state index contributed by atoms with van der Waals surface area (Å²) < 4.78 is 19.9. The van der Waals surface area contributed by atoms with Gasteiger partial charge in [-0.3, -0.25) is 4.90 Å². The number of aromatic nitrogens is 1. The topological polar surface area (TPSA) is 56.3 Å². The van der Waals surface area contributed by atoms with Crippen molar-refractivity contribution in [3.63, 3.8) is 0 Å². The Morgan fingerprint density at radius 2 is 1.85 bits per heavy atom. The number of hydrogen-bond donors (Lipinski definition) is 0. The lowest BCUT2D eigenvalue weighted by molar-refractivity contribution is 0.230. The van der Waals surface area contributed by atoms with Gasteiger partial charge in [-0.25, -0.2) is 9.37 Å². The second-order valence-corrected chi connectivity index (χ2v) is 6.50. The Hall–Kier alpha value is -3.17. The van der Waals surface area contributed by atoms with Crippen LogP contribution in [0.1, 0.15) is 11.3 Å². The number of rotatable bonds is 4. The number of halogens is 1. The molecular formula is C21H19FN4O. The standard InChI is InChI=1S/C21H19FN4O/c22-19-6-3-9-24-21(19)26-12-10-25(11-13-26)15-17-7-8-20(27-17)18-5-2-1-4-16(18)14-23/h1-9H,10-13,15H2. The van der Waals surface area contributed by atoms with Crippen molar-refractivity contribution in [2.45, 2.75) is 6.54 Å². The zero-order chi connectivity index (χ0) is 18.6. The van der Waals surface area contributed by atoms with Gasteiger partial charge in [0.25, 0.3) is 0 Å². The molecular weight excluding hydrogens is 343 g/mol. The predicted octanol–water partition coefficient (Wildman–Crippen LogP) is 3.67. The summed E-state index contributed by atoms with van der Waals surface area (Å²) in [6.07, 6.45) is 1.62. The van der Waals surface area contributed by atoms with E-state index in [4.69, 9.17) is 4.42 Å². The van der Waals surface area contributed by atoms with Crippen LogP contribution in [-0.4, -0.2) is 36.1 Å². The van der Waals surface area contributed by atoms with Crippen LogP contribution in [0.4, 0.5) is 10.2 Å². The van der Waals surface area contributed by atoms with E-state index >= 15 is 0 Å². The highest BCUT2D eigenvalue weighted by Crippen LogP contribution is 2.26. The fourth-order valence-electron chi connectivity index (χ4n) is 3.35. The van der Waals surface area contributed by atoms with E-state index < -0.39 is 0 Å². The maximum absolute atomic E-state index is 13.9. The van der Waals surface area contributed by atoms with Gasteiger partial charge in [-0.2, -0.15) is 5.26 Å². The fraction of sp³-hybridized carbons (Fsp3) is 0.238. The quantitative estimate of drug-likeness (QED) is 0.709. The van der Waals surface area contributed by atoms with Crippen LogP contribution in [-0.2, 0) is 6.54 Å². The van der Waals surface area contributed by atoms with Crippen molar-refractivity contribution in [1.29, 1.82) is 5.26 Å². The maximum atomic E-state index is 13.9. The van der Waals surface area contributed by atoms with Crippen molar-refractivity contribution < 1.29 is 8.81 Å². The number of pyridine rings is 1. The molecule has 1 aliphatic rings. The molecule has 0 aliphatic carbocycles. The van der Waals surface area contributed by atoms with E-state index in [1.54, 1.807) is 18.3 Å². The van der Waals surface area contributed by atoms with Gasteiger partial charge < -0.3 is 9.32 Å². The number of anilines is 1. The van der Waals surface area contributed by atoms with E-state index in [1.807, 2.05) is 35.2 Å². The van der Waals surface area contributed by atoms with Crippen LogP contribution >= 0.6 is 0 Å². The van der Waals surface area contributed by atoms with Crippen LogP contribution in [0.25, 0.3) is 11.3 Å². The summed E-state index contributed by atoms with van der Waals surface area (Å²) in [6.45, 7) is 3.74. The summed E-state index contributed by atoms with van der Waals surface area (Å²) in [5.41, 5.74) is 1.41. The highest BCUT2D eigenvalue weighted by Gasteiger charge is 2.21. The Labute approximate surface area is 157 Å². The second kappa shape index (κ2) is 7.60. The SMILES string of the molecule is N#Cc1ccccc1-c1ccc(CN2CCN(c3ncccc3F)CC2)o1. The molecule has 1 aliphatic heterocycles. The Morgan fingerprint density at radius 3 is 2.63 bits per heavy atom. The van der Waals surface area contributed by atoms with Crippen molar-refractivity contribution in [3.05, 3.63) is 71.9 Å². The molecule has 3 heterocycles. The van der Waals surface area contributed by atoms with Gasteiger partial charge in [-0.15, -0.1) is 0 Å². The van der Waals surface area contributed by atoms with Gasteiger partial charge in [-0.05, 0) is 36.4 Å². The van der Waals surface area contributed by atoms with E-state index in [9.17, 15) is 9.65 Å². The summed E-state index contributed by atoms with van der Waals surface area (Å²) in [7, 11) is 0. The first-order chi connectivity index (χ1) is 13.2. The number of furan rings is 1. The number of nitrogens with zero attached hydrogens (tertiary/aromatic N) is 4. The number of benzene rings is 1. The molecule has 0 atom stereocenters. The minimum Gasteiger partial charge on any atom is -0.460 e. The largest absolute Gasteiger partial charge is 0.460 e. The molecule has 0 radical (unpaired) electrons. The molecule has 27 heavy (non-hydrogen) atoms. The van der Waals surface area contributed by atoms with Gasteiger partial charge in [0.1, 0.15) is 11.5 Å². The molecule has 4 rings (SSSR count). The van der Waals surface area contributed by atoms with E-state index in [2.05, 4.69) is 16.0 Å². The molecule has 0 bridgehead atoms. The number of piperazine rings is 1. The van der Waals surface area contributed by atoms with Crippen molar-refractivity contribution in [2.75, 3.05) is 31.1 Å². The second-order valence-electron chi connectivity index (χ2n) is 6.50. The zero-order valence-electron chi connectivity index (χ0n) is 14.8. The van der Waals surface area contributed by atoms with Crippen LogP contribution in [0, 0.1) is 17.1 Å². The van der Waals surface area contributed by atoms with E-state index in [1.165, 1.54) is 6.07 Å². The molecule has 3 aromatic rings. The van der Waals surface area contributed by atoms with Gasteiger partial charge in [-0.1, -0.05) is 12.1 Å². The van der Waals surface area contributed by atoms with Gasteiger partial charge in [0, 0.05) is 37.9 Å². The van der Waals surface area contributed by atoms with Crippen LogP contribution < -0.4 is 4.90 Å². The summed E-state index contributed by atoms with van der Waals surface area (Å²) >= 11 is 0. The van der Waals surface area contributed by atoms with Crippen molar-refractivity contribution >= 4 is 5.82 Å². The molecule has 5 nitrogen and oxygen atoms in total. The Kier molecular flexibility index (Phi) is 4.86. The maximum Gasteiger partial charge on any atom is 0.165 e. The normalized spacial score (nSPS) is 14.9. The third-order valence-electron chi connectivity index (χ3n) is 4.76. The molecule has 136 valence electrons. The van der Waals surface area contributed by atoms with E-state index in [0.717, 1.165) is 37.5 Å². The molecule has 0 spiro atoms. The Balaban J connectivity index is 1.40. The highest BCUT2D eigenvalue weighted by atomic mass is 19.1. The number of hydrogen-bond acceptors (Lipinski definition) is 5. The van der Waals surface area contributed by atoms with Crippen LogP contribution in [0.5, 0.6) is 0 Å². The van der Waals surface area contributed by atoms with Crippen LogP contribution in [0.15, 0.2) is 59.1 Å².